The van der Waals surface area contributed by atoms with Crippen molar-refractivity contribution in [1.82, 2.24) is 0 Å². The van der Waals surface area contributed by atoms with Gasteiger partial charge >= 0.3 is 0 Å². The van der Waals surface area contributed by atoms with Crippen molar-refractivity contribution in [3.8, 4) is 0 Å². The summed E-state index contributed by atoms with van der Waals surface area (Å²) in [7, 11) is 1.79. The van der Waals surface area contributed by atoms with Gasteiger partial charge in [0.25, 0.3) is 0 Å². The third-order valence-corrected chi connectivity index (χ3v) is 2.90. The highest BCUT2D eigenvalue weighted by molar-refractivity contribution is 5.94. The fourth-order valence-electron chi connectivity index (χ4n) is 1.49. The van der Waals surface area contributed by atoms with Crippen LogP contribution in [0.4, 0.5) is 5.69 Å². The van der Waals surface area contributed by atoms with Gasteiger partial charge in [-0.15, -0.1) is 12.4 Å². The van der Waals surface area contributed by atoms with Crippen LogP contribution >= 0.6 is 12.4 Å². The third-order valence-electron chi connectivity index (χ3n) is 2.90. The molecule has 0 radical (unpaired) electrons. The summed E-state index contributed by atoms with van der Waals surface area (Å²) in [5.74, 6) is -0.105. The average Bonchev–Trinajstić information content (AvgIpc) is 2.26. The zero-order valence-corrected chi connectivity index (χ0v) is 11.6. The van der Waals surface area contributed by atoms with Gasteiger partial charge in [0.2, 0.25) is 5.91 Å². The summed E-state index contributed by atoms with van der Waals surface area (Å²) in [4.78, 5) is 13.7. The van der Waals surface area contributed by atoms with E-state index in [0.29, 0.717) is 0 Å². The molecule has 0 heterocycles. The minimum Gasteiger partial charge on any atom is -0.327 e. The van der Waals surface area contributed by atoms with Crippen LogP contribution in [-0.2, 0) is 4.79 Å². The van der Waals surface area contributed by atoms with E-state index in [-0.39, 0.29) is 30.3 Å². The van der Waals surface area contributed by atoms with E-state index >= 15 is 0 Å². The van der Waals surface area contributed by atoms with E-state index in [1.807, 2.05) is 45.0 Å². The Morgan fingerprint density at radius 3 is 2.41 bits per heavy atom. The molecule has 1 rings (SSSR count). The summed E-state index contributed by atoms with van der Waals surface area (Å²) in [6, 6.07) is 7.76. The Kier molecular flexibility index (Phi) is 6.21. The van der Waals surface area contributed by atoms with Gasteiger partial charge in [-0.3, -0.25) is 4.79 Å². The fourth-order valence-corrected chi connectivity index (χ4v) is 1.49. The van der Waals surface area contributed by atoms with Crippen LogP contribution in [0.3, 0.4) is 0 Å². The molecule has 0 aliphatic rings. The Morgan fingerprint density at radius 2 is 1.94 bits per heavy atom. The van der Waals surface area contributed by atoms with Crippen LogP contribution in [0.15, 0.2) is 24.3 Å². The molecule has 3 nitrogen and oxygen atoms in total. The van der Waals surface area contributed by atoms with Gasteiger partial charge in [-0.05, 0) is 31.5 Å². The van der Waals surface area contributed by atoms with Crippen LogP contribution in [0.5, 0.6) is 0 Å². The van der Waals surface area contributed by atoms with Crippen LogP contribution in [0.2, 0.25) is 0 Å². The third kappa shape index (κ3) is 4.02. The minimum absolute atomic E-state index is 0. The molecule has 0 saturated heterocycles. The van der Waals surface area contributed by atoms with Crippen LogP contribution in [0, 0.1) is 12.8 Å². The summed E-state index contributed by atoms with van der Waals surface area (Å²) >= 11 is 0. The first-order valence-electron chi connectivity index (χ1n) is 5.53. The zero-order valence-electron chi connectivity index (χ0n) is 10.8. The predicted octanol–water partition coefficient (Wildman–Crippen LogP) is 2.36. The van der Waals surface area contributed by atoms with E-state index in [4.69, 9.17) is 5.73 Å². The molecule has 2 unspecified atom stereocenters. The zero-order chi connectivity index (χ0) is 12.3. The molecule has 17 heavy (non-hydrogen) atoms. The number of rotatable bonds is 3. The van der Waals surface area contributed by atoms with Crippen molar-refractivity contribution in [3.05, 3.63) is 29.8 Å². The summed E-state index contributed by atoms with van der Waals surface area (Å²) < 4.78 is 0. The van der Waals surface area contributed by atoms with Gasteiger partial charge in [0, 0.05) is 18.8 Å². The summed E-state index contributed by atoms with van der Waals surface area (Å²) in [5, 5.41) is 0. The predicted molar refractivity (Wildman–Crippen MR) is 74.7 cm³/mol. The lowest BCUT2D eigenvalue weighted by molar-refractivity contribution is -0.122. The molecule has 0 saturated carbocycles. The second-order valence-electron chi connectivity index (χ2n) is 4.38. The lowest BCUT2D eigenvalue weighted by Crippen LogP contribution is -2.39. The number of hydrogen-bond donors (Lipinski definition) is 1. The van der Waals surface area contributed by atoms with Gasteiger partial charge < -0.3 is 10.6 Å². The molecule has 2 atom stereocenters. The van der Waals surface area contributed by atoms with Gasteiger partial charge in [0.05, 0.1) is 5.92 Å². The summed E-state index contributed by atoms with van der Waals surface area (Å²) in [5.41, 5.74) is 7.79. The van der Waals surface area contributed by atoms with Crippen molar-refractivity contribution in [2.75, 3.05) is 11.9 Å². The van der Waals surface area contributed by atoms with Crippen molar-refractivity contribution in [2.45, 2.75) is 26.8 Å². The number of carbonyl (C=O) groups is 1. The van der Waals surface area contributed by atoms with Crippen LogP contribution in [0.1, 0.15) is 19.4 Å². The van der Waals surface area contributed by atoms with Gasteiger partial charge in [-0.1, -0.05) is 19.1 Å². The highest BCUT2D eigenvalue weighted by Gasteiger charge is 2.21. The average molecular weight is 257 g/mol. The van der Waals surface area contributed by atoms with Gasteiger partial charge in [0.1, 0.15) is 0 Å². The second-order valence-corrected chi connectivity index (χ2v) is 4.38. The number of anilines is 1. The molecule has 2 N–H and O–H groups in total. The standard InChI is InChI=1S/C13H20N2O.ClH/c1-9-6-5-7-12(8-9)15(4)13(16)10(2)11(3)14;/h5-8,10-11H,14H2,1-4H3;1H. The molecular formula is C13H21ClN2O. The number of amides is 1. The molecule has 1 aromatic rings. The fraction of sp³-hybridized carbons (Fsp3) is 0.462. The molecule has 4 heteroatoms. The Hall–Kier alpha value is -1.06. The van der Waals surface area contributed by atoms with Crippen LogP contribution < -0.4 is 10.6 Å². The van der Waals surface area contributed by atoms with E-state index in [9.17, 15) is 4.79 Å². The van der Waals surface area contributed by atoms with Crippen molar-refractivity contribution in [2.24, 2.45) is 11.7 Å². The topological polar surface area (TPSA) is 46.3 Å². The maximum atomic E-state index is 12.0. The monoisotopic (exact) mass is 256 g/mol. The number of hydrogen-bond acceptors (Lipinski definition) is 2. The second kappa shape index (κ2) is 6.62. The molecule has 1 aromatic carbocycles. The maximum absolute atomic E-state index is 12.0. The number of nitrogens with two attached hydrogens (primary N) is 1. The van der Waals surface area contributed by atoms with Crippen LogP contribution in [-0.4, -0.2) is 19.0 Å². The Balaban J connectivity index is 0.00000256. The van der Waals surface area contributed by atoms with Crippen LogP contribution in [0.25, 0.3) is 0 Å². The molecule has 0 fully saturated rings. The lowest BCUT2D eigenvalue weighted by Gasteiger charge is -2.23. The molecule has 0 aliphatic heterocycles. The van der Waals surface area contributed by atoms with Gasteiger partial charge in [-0.25, -0.2) is 0 Å². The normalized spacial score (nSPS) is 13.5. The van der Waals surface area contributed by atoms with Gasteiger partial charge in [0.15, 0.2) is 0 Å². The van der Waals surface area contributed by atoms with Crippen molar-refractivity contribution < 1.29 is 4.79 Å². The van der Waals surface area contributed by atoms with Crippen molar-refractivity contribution >= 4 is 24.0 Å². The van der Waals surface area contributed by atoms with Gasteiger partial charge in [-0.2, -0.15) is 0 Å². The quantitative estimate of drug-likeness (QED) is 0.903. The Bertz CT molecular complexity index is 379. The number of halogens is 1. The van der Waals surface area contributed by atoms with E-state index in [0.717, 1.165) is 11.3 Å². The number of nitrogens with zero attached hydrogens (tertiary/aromatic N) is 1. The van der Waals surface area contributed by atoms with E-state index < -0.39 is 0 Å². The lowest BCUT2D eigenvalue weighted by atomic mass is 10.0. The minimum atomic E-state index is -0.162. The number of benzene rings is 1. The highest BCUT2D eigenvalue weighted by atomic mass is 35.5. The molecule has 96 valence electrons. The molecule has 1 amide bonds. The highest BCUT2D eigenvalue weighted by Crippen LogP contribution is 2.17. The largest absolute Gasteiger partial charge is 0.327 e. The smallest absolute Gasteiger partial charge is 0.231 e. The van der Waals surface area contributed by atoms with Crippen molar-refractivity contribution in [3.63, 3.8) is 0 Å². The Morgan fingerprint density at radius 1 is 1.35 bits per heavy atom. The Labute approximate surface area is 109 Å². The number of aryl methyl sites for hydroxylation is 1. The molecule has 0 aromatic heterocycles. The van der Waals surface area contributed by atoms with Crippen molar-refractivity contribution in [1.29, 1.82) is 0 Å². The molecule has 0 aliphatic carbocycles. The summed E-state index contributed by atoms with van der Waals surface area (Å²) in [6.07, 6.45) is 0. The SMILES string of the molecule is Cc1cccc(N(C)C(=O)C(C)C(C)N)c1.Cl. The molecular weight excluding hydrogens is 236 g/mol. The maximum Gasteiger partial charge on any atom is 0.231 e. The number of carbonyl (C=O) groups excluding carboxylic acids is 1. The molecule has 0 bridgehead atoms. The first kappa shape index (κ1) is 15.9. The van der Waals surface area contributed by atoms with E-state index in [1.165, 1.54) is 0 Å². The first-order valence-corrected chi connectivity index (χ1v) is 5.53. The first-order chi connectivity index (χ1) is 7.43. The van der Waals surface area contributed by atoms with E-state index in [1.54, 1.807) is 11.9 Å². The summed E-state index contributed by atoms with van der Waals surface area (Å²) in [6.45, 7) is 5.72. The van der Waals surface area contributed by atoms with E-state index in [2.05, 4.69) is 0 Å². The molecule has 0 spiro atoms.